The highest BCUT2D eigenvalue weighted by molar-refractivity contribution is 7.47. The molecule has 2 atom stereocenters. The molecule has 0 bridgehead atoms. The number of carbonyl (C=O) groups is 6. The molecule has 1 saturated heterocycles. The first-order valence-electron chi connectivity index (χ1n) is 28.6. The van der Waals surface area contributed by atoms with Gasteiger partial charge in [0.15, 0.2) is 6.10 Å². The summed E-state index contributed by atoms with van der Waals surface area (Å²) in [5.74, 6) is -2.99. The third kappa shape index (κ3) is 44.0. The van der Waals surface area contributed by atoms with Crippen LogP contribution in [-0.2, 0) is 70.8 Å². The van der Waals surface area contributed by atoms with E-state index in [0.29, 0.717) is 17.9 Å². The fourth-order valence-corrected chi connectivity index (χ4v) is 8.81. The lowest BCUT2D eigenvalue weighted by molar-refractivity contribution is -0.200. The molecule has 1 aliphatic heterocycles. The molecule has 20 heteroatoms. The van der Waals surface area contributed by atoms with Crippen LogP contribution in [0.3, 0.4) is 0 Å². The Bertz CT molecular complexity index is 1470. The minimum atomic E-state index is -4.67. The fourth-order valence-electron chi connectivity index (χ4n) is 8.05. The summed E-state index contributed by atoms with van der Waals surface area (Å²) in [5, 5.41) is 2.82. The van der Waals surface area contributed by atoms with E-state index >= 15 is 0 Å². The molecule has 0 aromatic heterocycles. The predicted octanol–water partition coefficient (Wildman–Crippen LogP) is 11.5. The quantitative estimate of drug-likeness (QED) is 0.0189. The normalized spacial score (nSPS) is 13.7. The molecule has 0 saturated carbocycles. The van der Waals surface area contributed by atoms with Crippen LogP contribution in [0.15, 0.2) is 0 Å². The lowest BCUT2D eigenvalue weighted by atomic mass is 10.0. The van der Waals surface area contributed by atoms with Crippen molar-refractivity contribution in [1.29, 1.82) is 0 Å². The van der Waals surface area contributed by atoms with Crippen molar-refractivity contribution in [3.8, 4) is 0 Å². The van der Waals surface area contributed by atoms with Gasteiger partial charge in [-0.1, -0.05) is 194 Å². The molecule has 1 aliphatic rings. The van der Waals surface area contributed by atoms with Crippen LogP contribution in [0.5, 0.6) is 0 Å². The summed E-state index contributed by atoms with van der Waals surface area (Å²) < 4.78 is 54.6. The average molecular weight is 1080 g/mol. The van der Waals surface area contributed by atoms with Gasteiger partial charge in [-0.3, -0.25) is 28.2 Å². The van der Waals surface area contributed by atoms with E-state index in [0.717, 1.165) is 38.5 Å². The number of ether oxygens (including phenoxy) is 6. The zero-order valence-corrected chi connectivity index (χ0v) is 46.7. The first-order valence-corrected chi connectivity index (χ1v) is 30.1. The van der Waals surface area contributed by atoms with Crippen molar-refractivity contribution in [1.82, 2.24) is 10.4 Å². The number of nitrogens with one attached hydrogen (secondary N) is 1. The number of unbranched alkanes of at least 4 members (excludes halogenated alkanes) is 28. The van der Waals surface area contributed by atoms with Gasteiger partial charge in [-0.15, -0.1) is 5.06 Å². The summed E-state index contributed by atoms with van der Waals surface area (Å²) in [5.41, 5.74) is 0. The summed E-state index contributed by atoms with van der Waals surface area (Å²) >= 11 is 0. The van der Waals surface area contributed by atoms with Crippen molar-refractivity contribution in [2.45, 2.75) is 238 Å². The molecule has 0 aromatic carbocycles. The van der Waals surface area contributed by atoms with Crippen LogP contribution in [0.2, 0.25) is 0 Å². The highest BCUT2D eigenvalue weighted by atomic mass is 31.2. The molecule has 0 spiro atoms. The third-order valence-corrected chi connectivity index (χ3v) is 13.4. The van der Waals surface area contributed by atoms with Gasteiger partial charge in [0.2, 0.25) is 0 Å². The second-order valence-electron chi connectivity index (χ2n) is 19.2. The lowest BCUT2D eigenvalue weighted by Gasteiger charge is -2.20. The Balaban J connectivity index is 2.30. The fraction of sp³-hybridized carbons (Fsp3) is 0.889. The molecular formula is C54H99N2O17P. The SMILES string of the molecule is CCCCCCCCCCCCCCCCCC(=O)OC[C@H](COP(=O)(O)OCCNC(=O)OCCOCCOCCOCC(=O)ON1C(=O)CCC1=O)OC(=O)CCCCCCCCCCCCCCCCC. The Morgan fingerprint density at radius 3 is 1.36 bits per heavy atom. The first kappa shape index (κ1) is 68.8. The number of carbonyl (C=O) groups excluding carboxylic acids is 6. The van der Waals surface area contributed by atoms with Gasteiger partial charge in [-0.2, -0.15) is 0 Å². The van der Waals surface area contributed by atoms with E-state index < -0.39 is 69.6 Å². The Kier molecular flexibility index (Phi) is 45.9. The van der Waals surface area contributed by atoms with E-state index in [1.54, 1.807) is 0 Å². The van der Waals surface area contributed by atoms with Crippen molar-refractivity contribution in [2.75, 3.05) is 72.6 Å². The number of hydrogen-bond acceptors (Lipinski definition) is 16. The Hall–Kier alpha value is -3.19. The summed E-state index contributed by atoms with van der Waals surface area (Å²) in [6.07, 6.45) is 34.7. The Morgan fingerprint density at radius 2 is 0.905 bits per heavy atom. The standard InChI is InChI=1S/C54H99N2O17P/c1-3-5-7-9-11-13-15-17-19-21-23-25-27-29-31-33-51(59)69-45-48(72-52(60)34-32-30-28-26-24-22-20-18-16-14-12-10-8-6-4-2)46-71-74(63,64)70-38-37-55-54(62)68-44-43-66-40-39-65-41-42-67-47-53(61)73-56-49(57)35-36-50(56)58/h48H,3-47H2,1-2H3,(H,55,62)(H,63,64)/t48-/m1/s1. The van der Waals surface area contributed by atoms with Gasteiger partial charge in [0.25, 0.3) is 11.8 Å². The van der Waals surface area contributed by atoms with Crippen molar-refractivity contribution in [3.63, 3.8) is 0 Å². The molecule has 0 aromatic rings. The molecule has 432 valence electrons. The van der Waals surface area contributed by atoms with E-state index in [2.05, 4.69) is 24.0 Å². The smallest absolute Gasteiger partial charge is 0.462 e. The van der Waals surface area contributed by atoms with Gasteiger partial charge >= 0.3 is 31.8 Å². The van der Waals surface area contributed by atoms with Crippen molar-refractivity contribution >= 4 is 43.6 Å². The van der Waals surface area contributed by atoms with E-state index in [1.165, 1.54) is 141 Å². The highest BCUT2D eigenvalue weighted by Crippen LogP contribution is 2.43. The van der Waals surface area contributed by atoms with Crippen LogP contribution in [-0.4, -0.2) is 124 Å². The largest absolute Gasteiger partial charge is 0.472 e. The zero-order chi connectivity index (χ0) is 54.0. The molecule has 3 amide bonds. The molecule has 19 nitrogen and oxygen atoms in total. The summed E-state index contributed by atoms with van der Waals surface area (Å²) in [4.78, 5) is 87.2. The number of hydroxylamine groups is 2. The molecule has 1 rings (SSSR count). The van der Waals surface area contributed by atoms with Crippen LogP contribution in [0.25, 0.3) is 0 Å². The number of esters is 2. The number of amides is 3. The average Bonchev–Trinajstić information content (AvgIpc) is 3.69. The predicted molar refractivity (Wildman–Crippen MR) is 281 cm³/mol. The van der Waals surface area contributed by atoms with Crippen LogP contribution in [0, 0.1) is 0 Å². The van der Waals surface area contributed by atoms with Gasteiger partial charge in [0, 0.05) is 32.2 Å². The van der Waals surface area contributed by atoms with E-state index in [1.807, 2.05) is 0 Å². The Morgan fingerprint density at radius 1 is 0.500 bits per heavy atom. The lowest BCUT2D eigenvalue weighted by Crippen LogP contribution is -2.33. The van der Waals surface area contributed by atoms with Gasteiger partial charge in [0.1, 0.15) is 19.8 Å². The molecule has 74 heavy (non-hydrogen) atoms. The number of phosphoric acid groups is 1. The van der Waals surface area contributed by atoms with Crippen LogP contribution in [0.4, 0.5) is 4.79 Å². The van der Waals surface area contributed by atoms with E-state index in [9.17, 15) is 38.2 Å². The van der Waals surface area contributed by atoms with Crippen LogP contribution >= 0.6 is 7.82 Å². The third-order valence-electron chi connectivity index (χ3n) is 12.4. The maximum atomic E-state index is 12.8. The van der Waals surface area contributed by atoms with Gasteiger partial charge < -0.3 is 43.5 Å². The van der Waals surface area contributed by atoms with Crippen molar-refractivity contribution in [2.24, 2.45) is 0 Å². The van der Waals surface area contributed by atoms with E-state index in [-0.39, 0.29) is 78.5 Å². The second-order valence-corrected chi connectivity index (χ2v) is 20.6. The molecule has 1 unspecified atom stereocenters. The molecule has 1 fully saturated rings. The highest BCUT2D eigenvalue weighted by Gasteiger charge is 2.33. The molecule has 1 heterocycles. The number of alkyl carbamates (subject to hydrolysis) is 1. The summed E-state index contributed by atoms with van der Waals surface area (Å²) in [6, 6.07) is 0. The molecule has 0 radical (unpaired) electrons. The summed E-state index contributed by atoms with van der Waals surface area (Å²) in [6.45, 7) is 3.05. The maximum absolute atomic E-state index is 12.8. The van der Waals surface area contributed by atoms with Gasteiger partial charge in [-0.05, 0) is 12.8 Å². The topological polar surface area (TPSA) is 238 Å². The molecule has 2 N–H and O–H groups in total. The Labute approximate surface area is 444 Å². The van der Waals surface area contributed by atoms with Crippen molar-refractivity contribution < 1.29 is 80.5 Å². The summed E-state index contributed by atoms with van der Waals surface area (Å²) in [7, 11) is -4.67. The van der Waals surface area contributed by atoms with E-state index in [4.69, 9.17) is 37.5 Å². The number of nitrogens with zero attached hydrogens (tertiary/aromatic N) is 1. The number of imide groups is 1. The first-order chi connectivity index (χ1) is 36.0. The van der Waals surface area contributed by atoms with Gasteiger partial charge in [0.05, 0.1) is 46.2 Å². The van der Waals surface area contributed by atoms with Gasteiger partial charge in [-0.25, -0.2) is 14.2 Å². The second kappa shape index (κ2) is 49.4. The zero-order valence-electron chi connectivity index (χ0n) is 45.8. The van der Waals surface area contributed by atoms with Crippen molar-refractivity contribution in [3.05, 3.63) is 0 Å². The molecule has 0 aliphatic carbocycles. The number of hydrogen-bond donors (Lipinski definition) is 2. The maximum Gasteiger partial charge on any atom is 0.472 e. The number of rotatable bonds is 54. The minimum absolute atomic E-state index is 0.00187. The molecular weight excluding hydrogens is 980 g/mol. The monoisotopic (exact) mass is 1080 g/mol. The van der Waals surface area contributed by atoms with Crippen LogP contribution < -0.4 is 5.32 Å². The van der Waals surface area contributed by atoms with Crippen LogP contribution in [0.1, 0.15) is 232 Å². The minimum Gasteiger partial charge on any atom is -0.462 e. The number of phosphoric ester groups is 1.